The van der Waals surface area contributed by atoms with Crippen LogP contribution in [0.2, 0.25) is 0 Å². The largest absolute Gasteiger partial charge is 0.384 e. The van der Waals surface area contributed by atoms with Crippen molar-refractivity contribution in [2.24, 2.45) is 5.92 Å². The summed E-state index contributed by atoms with van der Waals surface area (Å²) in [6.45, 7) is 4.25. The van der Waals surface area contributed by atoms with Gasteiger partial charge in [-0.05, 0) is 59.4 Å². The molecule has 0 unspecified atom stereocenters. The molecule has 94 valence electrons. The summed E-state index contributed by atoms with van der Waals surface area (Å²) in [5, 5.41) is 0. The minimum atomic E-state index is 0.747. The van der Waals surface area contributed by atoms with Crippen LogP contribution in [0.4, 0.5) is 0 Å². The lowest BCUT2D eigenvalue weighted by molar-refractivity contribution is 0.0968. The van der Waals surface area contributed by atoms with Gasteiger partial charge in [-0.15, -0.1) is 0 Å². The smallest absolute Gasteiger partial charge is 0.0491 e. The molecule has 0 spiro atoms. The summed E-state index contributed by atoms with van der Waals surface area (Å²) in [6.07, 6.45) is 6.27. The molecule has 0 amide bonds. The molecular weight excluding hydrogens is 280 g/mol. The summed E-state index contributed by atoms with van der Waals surface area (Å²) in [5.41, 5.74) is 1.28. The quantitative estimate of drug-likeness (QED) is 0.855. The Bertz CT molecular complexity index is 351. The van der Waals surface area contributed by atoms with Crippen molar-refractivity contribution < 1.29 is 4.74 Å². The van der Waals surface area contributed by atoms with Gasteiger partial charge in [-0.3, -0.25) is 9.88 Å². The van der Waals surface area contributed by atoms with Gasteiger partial charge in [-0.1, -0.05) is 0 Å². The van der Waals surface area contributed by atoms with E-state index in [1.807, 2.05) is 12.4 Å². The van der Waals surface area contributed by atoms with E-state index in [0.717, 1.165) is 23.5 Å². The zero-order valence-corrected chi connectivity index (χ0v) is 11.8. The lowest BCUT2D eigenvalue weighted by Gasteiger charge is -2.31. The summed E-state index contributed by atoms with van der Waals surface area (Å²) in [5.74, 6) is 0.747. The first kappa shape index (κ1) is 13.0. The number of piperidine rings is 1. The van der Waals surface area contributed by atoms with Crippen molar-refractivity contribution in [1.82, 2.24) is 9.88 Å². The van der Waals surface area contributed by atoms with E-state index in [1.165, 1.54) is 31.5 Å². The lowest BCUT2D eigenvalue weighted by Crippen LogP contribution is -2.34. The standard InChI is InChI=1S/C13H19BrN2O/c1-17-10-11-2-4-16(5-3-11)9-12-6-13(14)8-15-7-12/h6-8,11H,2-5,9-10H2,1H3. The molecule has 0 radical (unpaired) electrons. The van der Waals surface area contributed by atoms with E-state index >= 15 is 0 Å². The molecule has 3 nitrogen and oxygen atoms in total. The molecule has 1 aromatic heterocycles. The van der Waals surface area contributed by atoms with Gasteiger partial charge in [0.15, 0.2) is 0 Å². The number of aromatic nitrogens is 1. The van der Waals surface area contributed by atoms with Gasteiger partial charge in [0.2, 0.25) is 0 Å². The number of pyridine rings is 1. The molecule has 0 N–H and O–H groups in total. The molecule has 1 aromatic rings. The normalized spacial score (nSPS) is 18.5. The van der Waals surface area contributed by atoms with E-state index in [2.05, 4.69) is 31.9 Å². The van der Waals surface area contributed by atoms with Crippen LogP contribution in [0.25, 0.3) is 0 Å². The van der Waals surface area contributed by atoms with Gasteiger partial charge < -0.3 is 4.74 Å². The van der Waals surface area contributed by atoms with Crippen molar-refractivity contribution in [1.29, 1.82) is 0 Å². The topological polar surface area (TPSA) is 25.4 Å². The fourth-order valence-electron chi connectivity index (χ4n) is 2.35. The number of rotatable bonds is 4. The van der Waals surface area contributed by atoms with Crippen LogP contribution in [0.3, 0.4) is 0 Å². The maximum Gasteiger partial charge on any atom is 0.0491 e. The summed E-state index contributed by atoms with van der Waals surface area (Å²) in [7, 11) is 1.79. The number of hydrogen-bond acceptors (Lipinski definition) is 3. The summed E-state index contributed by atoms with van der Waals surface area (Å²) < 4.78 is 6.28. The SMILES string of the molecule is COCC1CCN(Cc2cncc(Br)c2)CC1. The van der Waals surface area contributed by atoms with Crippen LogP contribution in [0.1, 0.15) is 18.4 Å². The third-order valence-electron chi connectivity index (χ3n) is 3.28. The van der Waals surface area contributed by atoms with Crippen LogP contribution in [0.15, 0.2) is 22.9 Å². The third-order valence-corrected chi connectivity index (χ3v) is 3.71. The van der Waals surface area contributed by atoms with Gasteiger partial charge in [0.25, 0.3) is 0 Å². The lowest BCUT2D eigenvalue weighted by atomic mass is 9.97. The zero-order chi connectivity index (χ0) is 12.1. The molecule has 0 aliphatic carbocycles. The van der Waals surface area contributed by atoms with E-state index in [4.69, 9.17) is 4.74 Å². The Labute approximate surface area is 111 Å². The van der Waals surface area contributed by atoms with E-state index in [-0.39, 0.29) is 0 Å². The van der Waals surface area contributed by atoms with Crippen LogP contribution in [0.5, 0.6) is 0 Å². The maximum absolute atomic E-state index is 5.22. The molecule has 1 saturated heterocycles. The molecule has 17 heavy (non-hydrogen) atoms. The van der Waals surface area contributed by atoms with Crippen LogP contribution < -0.4 is 0 Å². The molecule has 4 heteroatoms. The van der Waals surface area contributed by atoms with Crippen molar-refractivity contribution in [3.05, 3.63) is 28.5 Å². The average Bonchev–Trinajstić information content (AvgIpc) is 2.32. The van der Waals surface area contributed by atoms with E-state index in [1.54, 1.807) is 7.11 Å². The maximum atomic E-state index is 5.22. The minimum absolute atomic E-state index is 0.747. The van der Waals surface area contributed by atoms with Crippen LogP contribution in [-0.4, -0.2) is 36.7 Å². The molecule has 2 rings (SSSR count). The van der Waals surface area contributed by atoms with Crippen LogP contribution in [0, 0.1) is 5.92 Å². The average molecular weight is 299 g/mol. The predicted molar refractivity (Wildman–Crippen MR) is 71.8 cm³/mol. The highest BCUT2D eigenvalue weighted by molar-refractivity contribution is 9.10. The van der Waals surface area contributed by atoms with Crippen LogP contribution in [-0.2, 0) is 11.3 Å². The van der Waals surface area contributed by atoms with E-state index in [0.29, 0.717) is 0 Å². The van der Waals surface area contributed by atoms with Gasteiger partial charge in [0.05, 0.1) is 0 Å². The highest BCUT2D eigenvalue weighted by atomic mass is 79.9. The molecule has 2 heterocycles. The Morgan fingerprint density at radius 1 is 1.41 bits per heavy atom. The Balaban J connectivity index is 1.82. The van der Waals surface area contributed by atoms with Gasteiger partial charge in [-0.2, -0.15) is 0 Å². The minimum Gasteiger partial charge on any atom is -0.384 e. The Kier molecular flexibility index (Phi) is 4.95. The van der Waals surface area contributed by atoms with Crippen molar-refractivity contribution in [3.63, 3.8) is 0 Å². The molecule has 0 atom stereocenters. The highest BCUT2D eigenvalue weighted by Gasteiger charge is 2.18. The molecule has 1 aliphatic heterocycles. The fraction of sp³-hybridized carbons (Fsp3) is 0.615. The van der Waals surface area contributed by atoms with Crippen molar-refractivity contribution in [2.75, 3.05) is 26.8 Å². The molecular formula is C13H19BrN2O. The molecule has 0 saturated carbocycles. The van der Waals surface area contributed by atoms with Gasteiger partial charge in [0.1, 0.15) is 0 Å². The van der Waals surface area contributed by atoms with E-state index < -0.39 is 0 Å². The van der Waals surface area contributed by atoms with E-state index in [9.17, 15) is 0 Å². The predicted octanol–water partition coefficient (Wildman–Crippen LogP) is 2.70. The van der Waals surface area contributed by atoms with Gasteiger partial charge >= 0.3 is 0 Å². The Morgan fingerprint density at radius 2 is 2.18 bits per heavy atom. The molecule has 1 aliphatic rings. The second kappa shape index (κ2) is 6.47. The Hall–Kier alpha value is -0.450. The number of halogens is 1. The fourth-order valence-corrected chi connectivity index (χ4v) is 2.76. The number of nitrogens with zero attached hydrogens (tertiary/aromatic N) is 2. The molecule has 0 bridgehead atoms. The number of methoxy groups -OCH3 is 1. The zero-order valence-electron chi connectivity index (χ0n) is 10.2. The first-order valence-corrected chi connectivity index (χ1v) is 6.88. The third kappa shape index (κ3) is 4.05. The monoisotopic (exact) mass is 298 g/mol. The number of ether oxygens (including phenoxy) is 1. The highest BCUT2D eigenvalue weighted by Crippen LogP contribution is 2.19. The molecule has 1 fully saturated rings. The number of hydrogen-bond donors (Lipinski definition) is 0. The first-order valence-electron chi connectivity index (χ1n) is 6.08. The summed E-state index contributed by atoms with van der Waals surface area (Å²) in [6, 6.07) is 2.15. The summed E-state index contributed by atoms with van der Waals surface area (Å²) >= 11 is 3.46. The van der Waals surface area contributed by atoms with Crippen molar-refractivity contribution in [2.45, 2.75) is 19.4 Å². The number of likely N-dealkylation sites (tertiary alicyclic amines) is 1. The van der Waals surface area contributed by atoms with Crippen LogP contribution >= 0.6 is 15.9 Å². The second-order valence-corrected chi connectivity index (χ2v) is 5.60. The Morgan fingerprint density at radius 3 is 2.82 bits per heavy atom. The van der Waals surface area contributed by atoms with Crippen molar-refractivity contribution in [3.8, 4) is 0 Å². The van der Waals surface area contributed by atoms with Gasteiger partial charge in [-0.25, -0.2) is 0 Å². The first-order chi connectivity index (χ1) is 8.28. The molecule has 0 aromatic carbocycles. The summed E-state index contributed by atoms with van der Waals surface area (Å²) in [4.78, 5) is 6.70. The van der Waals surface area contributed by atoms with Crippen molar-refractivity contribution >= 4 is 15.9 Å². The van der Waals surface area contributed by atoms with Gasteiger partial charge in [0, 0.05) is 37.1 Å². The second-order valence-electron chi connectivity index (χ2n) is 4.69.